The molecule has 1 heterocycles. The van der Waals surface area contributed by atoms with E-state index in [0.717, 1.165) is 0 Å². The molecule has 2 aliphatic carbocycles. The highest BCUT2D eigenvalue weighted by Gasteiger charge is 2.62. The van der Waals surface area contributed by atoms with Gasteiger partial charge in [0.1, 0.15) is 6.10 Å². The van der Waals surface area contributed by atoms with Crippen LogP contribution in [0.1, 0.15) is 34.0 Å². The molecule has 2 fully saturated rings. The van der Waals surface area contributed by atoms with Crippen LogP contribution in [0.25, 0.3) is 0 Å². The maximum absolute atomic E-state index is 12.1. The fraction of sp³-hybridized carbons (Fsp3) is 0.714. The van der Waals surface area contributed by atoms with E-state index in [4.69, 9.17) is 10.8 Å². The van der Waals surface area contributed by atoms with Crippen molar-refractivity contribution in [3.8, 4) is 0 Å². The largest absolute Gasteiger partial charge is 0.466 e. The second kappa shape index (κ2) is 4.11. The molecule has 0 aromatic carbocycles. The van der Waals surface area contributed by atoms with Crippen LogP contribution >= 0.6 is 0 Å². The first-order chi connectivity index (χ1) is 9.10. The van der Waals surface area contributed by atoms with Gasteiger partial charge in [0.05, 0.1) is 12.0 Å². The summed E-state index contributed by atoms with van der Waals surface area (Å²) in [5.74, 6) is -0.821. The molecule has 0 aromatic rings. The molecule has 1 saturated heterocycles. The van der Waals surface area contributed by atoms with Gasteiger partial charge in [-0.2, -0.15) is 0 Å². The highest BCUT2D eigenvalue weighted by molar-refractivity contribution is 5.83. The summed E-state index contributed by atoms with van der Waals surface area (Å²) in [7, 11) is 0. The molecule has 5 atom stereocenters. The van der Waals surface area contributed by atoms with Gasteiger partial charge in [-0.25, -0.2) is 0 Å². The van der Waals surface area contributed by atoms with Crippen LogP contribution in [0.3, 0.4) is 0 Å². The molecule has 3 aliphatic rings. The van der Waals surface area contributed by atoms with Crippen LogP contribution in [0.2, 0.25) is 0 Å². The Morgan fingerprint density at radius 2 is 2.56 bits per heavy atom. The number of carbonyl (C=O) groups excluding carboxylic acids is 2. The van der Waals surface area contributed by atoms with Crippen molar-refractivity contribution in [3.05, 3.63) is 12.2 Å². The van der Waals surface area contributed by atoms with Crippen molar-refractivity contribution in [2.24, 2.45) is 17.3 Å². The van der Waals surface area contributed by atoms with Crippen molar-refractivity contribution in [3.63, 3.8) is 0 Å². The predicted molar refractivity (Wildman–Crippen MR) is 63.5 cm³/mol. The van der Waals surface area contributed by atoms with Gasteiger partial charge in [0.25, 0.3) is 0 Å². The summed E-state index contributed by atoms with van der Waals surface area (Å²) in [6.45, 7) is 2.02. The monoisotopic (exact) mass is 251 g/mol. The SMILES string of the molecule is [2H][C@H](C(=O)OCC)[C@H]1CC[C@@]23C=CC[C@@H](OC2=O)[C@@H]13. The highest BCUT2D eigenvalue weighted by Crippen LogP contribution is 2.58. The maximum atomic E-state index is 12.1. The zero-order chi connectivity index (χ0) is 13.6. The van der Waals surface area contributed by atoms with Crippen LogP contribution in [0, 0.1) is 17.3 Å². The van der Waals surface area contributed by atoms with Gasteiger partial charge < -0.3 is 9.47 Å². The molecule has 0 spiro atoms. The minimum atomic E-state index is -0.907. The van der Waals surface area contributed by atoms with E-state index in [1.54, 1.807) is 6.92 Å². The smallest absolute Gasteiger partial charge is 0.316 e. The first kappa shape index (κ1) is 10.6. The number of rotatable bonds is 3. The first-order valence-electron chi connectivity index (χ1n) is 7.15. The molecule has 4 heteroatoms. The molecule has 98 valence electrons. The number of hydrogen-bond acceptors (Lipinski definition) is 4. The van der Waals surface area contributed by atoms with Gasteiger partial charge in [0.15, 0.2) is 0 Å². The van der Waals surface area contributed by atoms with Crippen molar-refractivity contribution in [1.82, 2.24) is 0 Å². The summed E-state index contributed by atoms with van der Waals surface area (Å²) >= 11 is 0. The molecule has 4 nitrogen and oxygen atoms in total. The quantitative estimate of drug-likeness (QED) is 0.567. The van der Waals surface area contributed by atoms with E-state index in [0.29, 0.717) is 19.3 Å². The van der Waals surface area contributed by atoms with Crippen LogP contribution in [0.5, 0.6) is 0 Å². The van der Waals surface area contributed by atoms with E-state index >= 15 is 0 Å². The Hall–Kier alpha value is -1.32. The Morgan fingerprint density at radius 3 is 3.33 bits per heavy atom. The van der Waals surface area contributed by atoms with Crippen LogP contribution in [-0.4, -0.2) is 24.6 Å². The third kappa shape index (κ3) is 1.51. The average Bonchev–Trinajstić information content (AvgIpc) is 2.84. The molecule has 18 heavy (non-hydrogen) atoms. The topological polar surface area (TPSA) is 52.6 Å². The summed E-state index contributed by atoms with van der Waals surface area (Å²) in [5.41, 5.74) is -0.570. The molecule has 2 bridgehead atoms. The number of ether oxygens (including phenoxy) is 2. The lowest BCUT2D eigenvalue weighted by Gasteiger charge is -2.29. The number of carbonyl (C=O) groups is 2. The molecule has 0 unspecified atom stereocenters. The van der Waals surface area contributed by atoms with Gasteiger partial charge in [0, 0.05) is 20.1 Å². The minimum absolute atomic E-state index is 0.0306. The highest BCUT2D eigenvalue weighted by atomic mass is 16.6. The van der Waals surface area contributed by atoms with Crippen LogP contribution in [0.15, 0.2) is 12.2 Å². The normalized spacial score (nSPS) is 43.1. The van der Waals surface area contributed by atoms with Gasteiger partial charge in [-0.05, 0) is 25.7 Å². The van der Waals surface area contributed by atoms with E-state index < -0.39 is 17.8 Å². The Labute approximate surface area is 108 Å². The van der Waals surface area contributed by atoms with Gasteiger partial charge in [-0.1, -0.05) is 12.2 Å². The first-order valence-corrected chi connectivity index (χ1v) is 6.58. The van der Waals surface area contributed by atoms with Crippen LogP contribution in [0.4, 0.5) is 0 Å². The third-order valence-corrected chi connectivity index (χ3v) is 4.41. The Balaban J connectivity index is 1.86. The zero-order valence-electron chi connectivity index (χ0n) is 11.4. The van der Waals surface area contributed by atoms with E-state index in [2.05, 4.69) is 0 Å². The second-order valence-corrected chi connectivity index (χ2v) is 5.27. The van der Waals surface area contributed by atoms with Gasteiger partial charge in [0.2, 0.25) is 0 Å². The molecule has 0 aromatic heterocycles. The maximum Gasteiger partial charge on any atom is 0.316 e. The average molecular weight is 251 g/mol. The summed E-state index contributed by atoms with van der Waals surface area (Å²) in [6.07, 6.45) is 4.97. The van der Waals surface area contributed by atoms with Crippen molar-refractivity contribution in [2.45, 2.75) is 38.7 Å². The lowest BCUT2D eigenvalue weighted by molar-refractivity contribution is -0.146. The molecular formula is C14H18O4. The predicted octanol–water partition coefficient (Wildman–Crippen LogP) is 1.84. The molecule has 3 rings (SSSR count). The van der Waals surface area contributed by atoms with Crippen LogP contribution < -0.4 is 0 Å². The Bertz CT molecular complexity index is 447. The molecule has 1 aliphatic heterocycles. The van der Waals surface area contributed by atoms with Crippen molar-refractivity contribution in [1.29, 1.82) is 0 Å². The lowest BCUT2D eigenvalue weighted by atomic mass is 9.70. The number of esters is 2. The number of hydrogen-bond donors (Lipinski definition) is 0. The molecule has 1 saturated carbocycles. The summed E-state index contributed by atoms with van der Waals surface area (Å²) in [4.78, 5) is 23.8. The molecular weight excluding hydrogens is 232 g/mol. The molecule has 0 radical (unpaired) electrons. The standard InChI is InChI=1S/C14H18O4/c1-2-17-11(15)8-9-5-7-14-6-3-4-10(12(9)14)18-13(14)16/h3,6,9-10,12H,2,4-5,7-8H2,1H3/t9-,10-,12-,14-/m1/s1/i8D/t8-,9+,10+,12+,14+/m0. The summed E-state index contributed by atoms with van der Waals surface area (Å²) < 4.78 is 18.5. The zero-order valence-corrected chi connectivity index (χ0v) is 10.4. The Kier molecular flexibility index (Phi) is 2.42. The van der Waals surface area contributed by atoms with Gasteiger partial charge in [-0.3, -0.25) is 9.59 Å². The Morgan fingerprint density at radius 1 is 1.72 bits per heavy atom. The van der Waals surface area contributed by atoms with E-state index in [1.165, 1.54) is 0 Å². The van der Waals surface area contributed by atoms with Gasteiger partial charge in [-0.15, -0.1) is 0 Å². The fourth-order valence-corrected chi connectivity index (χ4v) is 3.72. The molecule has 0 amide bonds. The van der Waals surface area contributed by atoms with Gasteiger partial charge >= 0.3 is 11.9 Å². The van der Waals surface area contributed by atoms with Crippen LogP contribution in [-0.2, 0) is 19.1 Å². The van der Waals surface area contributed by atoms with Crippen molar-refractivity contribution in [2.75, 3.05) is 6.61 Å². The molecule has 0 N–H and O–H groups in total. The summed E-state index contributed by atoms with van der Waals surface area (Å²) in [5, 5.41) is 0. The van der Waals surface area contributed by atoms with Crippen molar-refractivity contribution >= 4 is 11.9 Å². The van der Waals surface area contributed by atoms with E-state index in [-0.39, 0.29) is 30.5 Å². The minimum Gasteiger partial charge on any atom is -0.466 e. The lowest BCUT2D eigenvalue weighted by Crippen LogP contribution is -2.34. The van der Waals surface area contributed by atoms with E-state index in [1.807, 2.05) is 12.2 Å². The van der Waals surface area contributed by atoms with E-state index in [9.17, 15) is 9.59 Å². The third-order valence-electron chi connectivity index (χ3n) is 4.41. The fourth-order valence-electron chi connectivity index (χ4n) is 3.72. The second-order valence-electron chi connectivity index (χ2n) is 5.27. The van der Waals surface area contributed by atoms with Crippen molar-refractivity contribution < 1.29 is 20.4 Å². The summed E-state index contributed by atoms with van der Waals surface area (Å²) in [6, 6.07) is 0.